The van der Waals surface area contributed by atoms with Gasteiger partial charge in [0.25, 0.3) is 0 Å². The van der Waals surface area contributed by atoms with E-state index in [1.165, 1.54) is 64.2 Å². The lowest BCUT2D eigenvalue weighted by atomic mass is 9.96. The van der Waals surface area contributed by atoms with Crippen LogP contribution in [0, 0.1) is 0 Å². The Morgan fingerprint density at radius 1 is 0.359 bits per heavy atom. The first-order valence-corrected chi connectivity index (χ1v) is 38.9. The van der Waals surface area contributed by atoms with Gasteiger partial charge in [-0.15, -0.1) is 0 Å². The molecule has 103 heavy (non-hydrogen) atoms. The summed E-state index contributed by atoms with van der Waals surface area (Å²) in [5, 5.41) is 121. The van der Waals surface area contributed by atoms with Crippen LogP contribution in [0.5, 0.6) is 0 Å². The number of nitrogens with one attached hydrogen (secondary N) is 1. The smallest absolute Gasteiger partial charge is 0.220 e. The van der Waals surface area contributed by atoms with Crippen molar-refractivity contribution in [2.45, 2.75) is 324 Å². The molecule has 19 heteroatoms. The third kappa shape index (κ3) is 42.3. The highest BCUT2D eigenvalue weighted by molar-refractivity contribution is 5.76. The lowest BCUT2D eigenvalue weighted by molar-refractivity contribution is -0.379. The summed E-state index contributed by atoms with van der Waals surface area (Å²) in [5.41, 5.74) is 0. The van der Waals surface area contributed by atoms with Crippen molar-refractivity contribution in [1.82, 2.24) is 5.32 Å². The first-order chi connectivity index (χ1) is 50.3. The molecule has 3 fully saturated rings. The quantitative estimate of drug-likeness (QED) is 0.0199. The molecule has 3 aliphatic rings. The molecule has 19 nitrogen and oxygen atoms in total. The fraction of sp³-hybridized carbons (Fsp3) is 0.655. The Kier molecular flexibility index (Phi) is 55.8. The van der Waals surface area contributed by atoms with Gasteiger partial charge in [0.05, 0.1) is 38.6 Å². The van der Waals surface area contributed by atoms with Gasteiger partial charge in [-0.25, -0.2) is 0 Å². The standard InChI is InChI=1S/C84H135NO18/c1-3-5-7-9-11-13-15-17-19-21-22-23-24-25-26-27-28-29-30-31-32-33-34-35-36-37-38-39-40-41-42-43-44-46-48-50-52-54-56-58-60-62-72(90)85-67(68(89)61-59-57-55-53-51-49-47-45-20-18-16-14-12-10-8-6-4-2)66-98-82-78(96)75(93)80(70(64-87)100-82)103-84-79(97)76(94)81(71(65-88)101-84)102-83-77(95)74(92)73(91)69(63-86)99-83/h5,7,11,13,17,19,22-23,25-26,28-29,31-32,34-35,37-38,40-41,43-44,48,50-51,53,59,61,67-71,73-84,86-89,91-97H,3-4,6,8-10,12,14-16,18,20-21,24,27,30,33,36,39,42,45-47,49,52,54-58,60,62-66H2,1-2H3,(H,85,90)/b7-5-,13-11-,19-17-,23-22-,26-25-,29-28-,32-31-,35-34-,38-37-,41-40-,44-43-,50-48-,53-51+,61-59+. The maximum Gasteiger partial charge on any atom is 0.220 e. The molecule has 3 rings (SSSR count). The van der Waals surface area contributed by atoms with Crippen molar-refractivity contribution in [3.8, 4) is 0 Å². The van der Waals surface area contributed by atoms with Gasteiger partial charge in [-0.1, -0.05) is 261 Å². The van der Waals surface area contributed by atoms with Crippen LogP contribution >= 0.6 is 0 Å². The molecule has 1 amide bonds. The summed E-state index contributed by atoms with van der Waals surface area (Å²) in [7, 11) is 0. The minimum absolute atomic E-state index is 0.194. The Morgan fingerprint density at radius 2 is 0.680 bits per heavy atom. The lowest BCUT2D eigenvalue weighted by Crippen LogP contribution is -2.66. The van der Waals surface area contributed by atoms with Gasteiger partial charge in [-0.2, -0.15) is 0 Å². The third-order valence-corrected chi connectivity index (χ3v) is 18.0. The molecular formula is C84H135NO18. The van der Waals surface area contributed by atoms with Crippen LogP contribution in [-0.2, 0) is 33.2 Å². The van der Waals surface area contributed by atoms with E-state index < -0.39 is 124 Å². The summed E-state index contributed by atoms with van der Waals surface area (Å²) in [5.74, 6) is -0.317. The van der Waals surface area contributed by atoms with Gasteiger partial charge in [0, 0.05) is 6.42 Å². The predicted octanol–water partition coefficient (Wildman–Crippen LogP) is 12.6. The molecule has 0 aliphatic carbocycles. The third-order valence-electron chi connectivity index (χ3n) is 18.0. The highest BCUT2D eigenvalue weighted by Crippen LogP contribution is 2.33. The van der Waals surface area contributed by atoms with Crippen molar-refractivity contribution >= 4 is 5.91 Å². The van der Waals surface area contributed by atoms with Crippen LogP contribution in [-0.4, -0.2) is 193 Å². The maximum absolute atomic E-state index is 13.4. The Balaban J connectivity index is 1.37. The van der Waals surface area contributed by atoms with Crippen LogP contribution in [0.15, 0.2) is 170 Å². The van der Waals surface area contributed by atoms with E-state index in [2.05, 4.69) is 177 Å². The van der Waals surface area contributed by atoms with E-state index in [4.69, 9.17) is 28.4 Å². The molecule has 0 radical (unpaired) electrons. The maximum atomic E-state index is 13.4. The van der Waals surface area contributed by atoms with Gasteiger partial charge < -0.3 is 89.9 Å². The molecule has 584 valence electrons. The van der Waals surface area contributed by atoms with E-state index in [1.54, 1.807) is 6.08 Å². The summed E-state index contributed by atoms with van der Waals surface area (Å²) in [6, 6.07) is -1.02. The molecule has 0 saturated carbocycles. The summed E-state index contributed by atoms with van der Waals surface area (Å²) < 4.78 is 34.3. The Labute approximate surface area is 617 Å². The minimum atomic E-state index is -1.99. The van der Waals surface area contributed by atoms with Gasteiger partial charge >= 0.3 is 0 Å². The molecule has 0 bridgehead atoms. The summed E-state index contributed by atoms with van der Waals surface area (Å²) in [6.45, 7) is 1.56. The number of carbonyl (C=O) groups is 1. The number of unbranched alkanes of at least 4 members (excludes halogenated alkanes) is 16. The first-order valence-electron chi connectivity index (χ1n) is 38.9. The fourth-order valence-corrected chi connectivity index (χ4v) is 11.8. The van der Waals surface area contributed by atoms with E-state index in [-0.39, 0.29) is 18.9 Å². The van der Waals surface area contributed by atoms with E-state index in [9.17, 15) is 61.0 Å². The number of allylic oxidation sites excluding steroid dienone is 27. The highest BCUT2D eigenvalue weighted by Gasteiger charge is 2.53. The summed E-state index contributed by atoms with van der Waals surface area (Å²) >= 11 is 0. The molecule has 0 spiro atoms. The monoisotopic (exact) mass is 1450 g/mol. The van der Waals surface area contributed by atoms with E-state index in [0.717, 1.165) is 122 Å². The van der Waals surface area contributed by atoms with Gasteiger partial charge in [0.2, 0.25) is 5.91 Å². The average Bonchev–Trinajstić information content (AvgIpc) is 0.782. The van der Waals surface area contributed by atoms with Crippen LogP contribution in [0.1, 0.15) is 219 Å². The summed E-state index contributed by atoms with van der Waals surface area (Å²) in [4.78, 5) is 13.4. The number of aliphatic hydroxyl groups is 11. The minimum Gasteiger partial charge on any atom is -0.394 e. The zero-order valence-electron chi connectivity index (χ0n) is 62.2. The largest absolute Gasteiger partial charge is 0.394 e. The van der Waals surface area contributed by atoms with Crippen LogP contribution in [0.2, 0.25) is 0 Å². The van der Waals surface area contributed by atoms with Crippen LogP contribution in [0.3, 0.4) is 0 Å². The zero-order chi connectivity index (χ0) is 74.6. The number of aliphatic hydroxyl groups excluding tert-OH is 11. The van der Waals surface area contributed by atoms with Crippen LogP contribution in [0.25, 0.3) is 0 Å². The van der Waals surface area contributed by atoms with Crippen molar-refractivity contribution < 1.29 is 89.4 Å². The predicted molar refractivity (Wildman–Crippen MR) is 410 cm³/mol. The fourth-order valence-electron chi connectivity index (χ4n) is 11.8. The Bertz CT molecular complexity index is 2530. The van der Waals surface area contributed by atoms with Crippen LogP contribution < -0.4 is 5.32 Å². The van der Waals surface area contributed by atoms with Gasteiger partial charge in [-0.3, -0.25) is 4.79 Å². The molecule has 0 aromatic rings. The molecule has 17 atom stereocenters. The molecule has 3 saturated heterocycles. The molecule has 3 heterocycles. The van der Waals surface area contributed by atoms with Crippen molar-refractivity contribution in [2.24, 2.45) is 0 Å². The molecule has 3 aliphatic heterocycles. The van der Waals surface area contributed by atoms with E-state index in [0.29, 0.717) is 12.8 Å². The number of ether oxygens (including phenoxy) is 6. The second-order valence-corrected chi connectivity index (χ2v) is 26.7. The number of hydrogen-bond acceptors (Lipinski definition) is 18. The topological polar surface area (TPSA) is 307 Å². The molecule has 0 aromatic carbocycles. The van der Waals surface area contributed by atoms with Crippen molar-refractivity contribution in [3.05, 3.63) is 170 Å². The highest BCUT2D eigenvalue weighted by atomic mass is 16.8. The van der Waals surface area contributed by atoms with Gasteiger partial charge in [0.1, 0.15) is 73.2 Å². The Morgan fingerprint density at radius 3 is 1.09 bits per heavy atom. The second-order valence-electron chi connectivity index (χ2n) is 26.7. The average molecular weight is 1450 g/mol. The van der Waals surface area contributed by atoms with Crippen LogP contribution in [0.4, 0.5) is 0 Å². The van der Waals surface area contributed by atoms with Crippen molar-refractivity contribution in [1.29, 1.82) is 0 Å². The Hall–Kier alpha value is -4.85. The number of carbonyl (C=O) groups excluding carboxylic acids is 1. The zero-order valence-corrected chi connectivity index (χ0v) is 62.2. The number of amides is 1. The van der Waals surface area contributed by atoms with Crippen molar-refractivity contribution in [2.75, 3.05) is 26.4 Å². The number of hydrogen-bond donors (Lipinski definition) is 12. The normalized spacial score (nSPS) is 27.0. The van der Waals surface area contributed by atoms with E-state index in [1.807, 2.05) is 6.08 Å². The first kappa shape index (κ1) is 92.4. The lowest BCUT2D eigenvalue weighted by Gasteiger charge is -2.48. The SMILES string of the molecule is CC/C=C\C/C=C\C/C=C\C/C=C\C/C=C\C/C=C\C/C=C\C/C=C\C/C=C\C/C=C\C/C=C\C/C=C\CCCCCCC(=O)NC(COC1OC(CO)C(OC2OC(CO)C(OC3OC(CO)C(O)C(O)C3O)C(O)C2O)C(O)C1O)C(O)/C=C/CC/C=C/CCCCCCCCCCCCC. The second kappa shape index (κ2) is 62.2. The summed E-state index contributed by atoms with van der Waals surface area (Å²) in [6.07, 6.45) is 66.2. The molecule has 12 N–H and O–H groups in total. The molecule has 17 unspecified atom stereocenters. The van der Waals surface area contributed by atoms with Crippen molar-refractivity contribution in [3.63, 3.8) is 0 Å². The van der Waals surface area contributed by atoms with Gasteiger partial charge in [0.15, 0.2) is 18.9 Å². The van der Waals surface area contributed by atoms with E-state index >= 15 is 0 Å². The molecule has 0 aromatic heterocycles. The van der Waals surface area contributed by atoms with Gasteiger partial charge in [-0.05, 0) is 122 Å². The molecular weight excluding hydrogens is 1310 g/mol. The number of rotatable bonds is 58.